The molecule has 35 heavy (non-hydrogen) atoms. The van der Waals surface area contributed by atoms with Crippen LogP contribution in [0.4, 0.5) is 14.9 Å². The molecule has 1 fully saturated rings. The number of nitrogens with zero attached hydrogens (tertiary/aromatic N) is 2. The minimum Gasteiger partial charge on any atom is -0.383 e. The first-order valence-electron chi connectivity index (χ1n) is 11.6. The summed E-state index contributed by atoms with van der Waals surface area (Å²) in [7, 11) is 3.19. The lowest BCUT2D eigenvalue weighted by molar-refractivity contribution is -0.143. The number of likely N-dealkylation sites (N-methyl/N-ethyl adjacent to an activating group) is 1. The molecule has 3 amide bonds. The fourth-order valence-corrected chi connectivity index (χ4v) is 4.46. The fraction of sp³-hybridized carbons (Fsp3) is 0.286. The number of hydrogen-bond donors (Lipinski definition) is 1. The Labute approximate surface area is 205 Å². The number of carbonyl (C=O) groups excluding carboxylic acids is 2. The smallest absolute Gasteiger partial charge is 0.322 e. The number of nitrogens with one attached hydrogen (secondary N) is 1. The van der Waals surface area contributed by atoms with Crippen molar-refractivity contribution in [2.75, 3.05) is 39.2 Å². The summed E-state index contributed by atoms with van der Waals surface area (Å²) in [5.74, 6) is -0.354. The Morgan fingerprint density at radius 1 is 1.06 bits per heavy atom. The van der Waals surface area contributed by atoms with Crippen LogP contribution in [0.15, 0.2) is 72.8 Å². The van der Waals surface area contributed by atoms with Crippen LogP contribution in [0.2, 0.25) is 0 Å². The highest BCUT2D eigenvalue weighted by Gasteiger charge is 2.42. The van der Waals surface area contributed by atoms with Crippen LogP contribution >= 0.6 is 0 Å². The average Bonchev–Trinajstić information content (AvgIpc) is 2.84. The number of amides is 3. The summed E-state index contributed by atoms with van der Waals surface area (Å²) in [5.41, 5.74) is 5.23. The van der Waals surface area contributed by atoms with Crippen molar-refractivity contribution in [2.45, 2.75) is 18.9 Å². The lowest BCUT2D eigenvalue weighted by atomic mass is 9.82. The van der Waals surface area contributed by atoms with E-state index in [1.54, 1.807) is 19.1 Å². The summed E-state index contributed by atoms with van der Waals surface area (Å²) in [5, 5.41) is 2.67. The second-order valence-electron chi connectivity index (χ2n) is 8.91. The van der Waals surface area contributed by atoms with Crippen molar-refractivity contribution in [3.8, 4) is 11.1 Å². The van der Waals surface area contributed by atoms with Crippen LogP contribution in [0.1, 0.15) is 17.0 Å². The maximum Gasteiger partial charge on any atom is 0.322 e. The molecule has 0 unspecified atom stereocenters. The largest absolute Gasteiger partial charge is 0.383 e. The van der Waals surface area contributed by atoms with Crippen molar-refractivity contribution in [2.24, 2.45) is 0 Å². The van der Waals surface area contributed by atoms with E-state index in [4.69, 9.17) is 4.74 Å². The third kappa shape index (κ3) is 5.52. The molecule has 182 valence electrons. The van der Waals surface area contributed by atoms with E-state index in [9.17, 15) is 14.0 Å². The Bertz CT molecular complexity index is 1180. The molecule has 1 saturated heterocycles. The molecule has 3 aromatic carbocycles. The molecule has 1 aliphatic rings. The van der Waals surface area contributed by atoms with Gasteiger partial charge < -0.3 is 19.9 Å². The predicted molar refractivity (Wildman–Crippen MR) is 135 cm³/mol. The molecule has 7 heteroatoms. The molecule has 1 heterocycles. The minimum absolute atomic E-state index is 0.0633. The predicted octanol–water partition coefficient (Wildman–Crippen LogP) is 4.91. The van der Waals surface area contributed by atoms with Crippen molar-refractivity contribution in [3.05, 3.63) is 89.7 Å². The quantitative estimate of drug-likeness (QED) is 0.528. The number of ether oxygens (including phenoxy) is 1. The van der Waals surface area contributed by atoms with Crippen molar-refractivity contribution in [3.63, 3.8) is 0 Å². The molecule has 0 spiro atoms. The number of likely N-dealkylation sites (tertiary alicyclic amines) is 1. The van der Waals surface area contributed by atoms with Crippen LogP contribution in [0, 0.1) is 12.7 Å². The van der Waals surface area contributed by atoms with Gasteiger partial charge in [-0.15, -0.1) is 0 Å². The van der Waals surface area contributed by atoms with Gasteiger partial charge in [0, 0.05) is 32.3 Å². The van der Waals surface area contributed by atoms with Crippen LogP contribution in [-0.2, 0) is 9.53 Å². The highest BCUT2D eigenvalue weighted by atomic mass is 19.1. The molecular weight excluding hydrogens is 445 g/mol. The van der Waals surface area contributed by atoms with Gasteiger partial charge in [-0.2, -0.15) is 0 Å². The van der Waals surface area contributed by atoms with Gasteiger partial charge in [-0.05, 0) is 53.4 Å². The van der Waals surface area contributed by atoms with Gasteiger partial charge in [0.1, 0.15) is 12.4 Å². The lowest BCUT2D eigenvalue weighted by Gasteiger charge is -2.48. The Kier molecular flexibility index (Phi) is 7.46. The zero-order valence-electron chi connectivity index (χ0n) is 20.2. The van der Waals surface area contributed by atoms with E-state index in [1.807, 2.05) is 12.1 Å². The van der Waals surface area contributed by atoms with E-state index < -0.39 is 6.03 Å². The first-order valence-corrected chi connectivity index (χ1v) is 11.6. The molecule has 4 rings (SSSR count). The van der Waals surface area contributed by atoms with E-state index in [1.165, 1.54) is 40.3 Å². The molecule has 0 aliphatic carbocycles. The van der Waals surface area contributed by atoms with Gasteiger partial charge in [-0.25, -0.2) is 9.18 Å². The molecule has 3 aromatic rings. The fourth-order valence-electron chi connectivity index (χ4n) is 4.46. The standard InChI is InChI=1S/C28H30FN3O3/c1-19-6-4-5-7-24(19)20-8-10-21(11-9-20)25-16-32(26(25)18-35-3)27(33)17-31(2)28(34)30-23-14-12-22(29)13-15-23/h4-15,25-26H,16-18H2,1-3H3,(H,30,34)/t25-,26+/m0/s1. The first-order chi connectivity index (χ1) is 16.9. The van der Waals surface area contributed by atoms with Crippen molar-refractivity contribution in [1.29, 1.82) is 0 Å². The SMILES string of the molecule is COC[C@@H]1[C@H](c2ccc(-c3ccccc3C)cc2)CN1C(=O)CN(C)C(=O)Nc1ccc(F)cc1. The number of halogens is 1. The van der Waals surface area contributed by atoms with E-state index >= 15 is 0 Å². The van der Waals surface area contributed by atoms with Crippen molar-refractivity contribution >= 4 is 17.6 Å². The summed E-state index contributed by atoms with van der Waals surface area (Å²) in [4.78, 5) is 28.5. The third-order valence-electron chi connectivity index (χ3n) is 6.53. The number of anilines is 1. The lowest BCUT2D eigenvalue weighted by Crippen LogP contribution is -2.61. The monoisotopic (exact) mass is 475 g/mol. The van der Waals surface area contributed by atoms with E-state index in [-0.39, 0.29) is 30.2 Å². The van der Waals surface area contributed by atoms with E-state index in [2.05, 4.69) is 48.6 Å². The maximum absolute atomic E-state index is 13.1. The Balaban J connectivity index is 1.38. The van der Waals surface area contributed by atoms with Crippen LogP contribution in [-0.4, -0.2) is 61.6 Å². The van der Waals surface area contributed by atoms with Crippen LogP contribution in [0.25, 0.3) is 11.1 Å². The van der Waals surface area contributed by atoms with Gasteiger partial charge in [-0.3, -0.25) is 4.79 Å². The highest BCUT2D eigenvalue weighted by Crippen LogP contribution is 2.36. The number of benzene rings is 3. The molecule has 0 bridgehead atoms. The number of carbonyl (C=O) groups is 2. The van der Waals surface area contributed by atoms with Gasteiger partial charge in [-0.1, -0.05) is 48.5 Å². The third-order valence-corrected chi connectivity index (χ3v) is 6.53. The molecular formula is C28H30FN3O3. The number of rotatable bonds is 7. The number of methoxy groups -OCH3 is 1. The summed E-state index contributed by atoms with van der Waals surface area (Å²) < 4.78 is 18.5. The van der Waals surface area contributed by atoms with Gasteiger partial charge in [0.15, 0.2) is 0 Å². The topological polar surface area (TPSA) is 61.9 Å². The molecule has 0 radical (unpaired) electrons. The molecule has 0 saturated carbocycles. The van der Waals surface area contributed by atoms with E-state index in [0.29, 0.717) is 18.8 Å². The Hall–Kier alpha value is -3.71. The number of aryl methyl sites for hydroxylation is 1. The second-order valence-corrected chi connectivity index (χ2v) is 8.91. The highest BCUT2D eigenvalue weighted by molar-refractivity contribution is 5.92. The second kappa shape index (κ2) is 10.7. The zero-order chi connectivity index (χ0) is 24.9. The molecule has 1 N–H and O–H groups in total. The van der Waals surface area contributed by atoms with Crippen LogP contribution in [0.3, 0.4) is 0 Å². The normalized spacial score (nSPS) is 17.0. The van der Waals surface area contributed by atoms with Gasteiger partial charge in [0.2, 0.25) is 5.91 Å². The minimum atomic E-state index is -0.433. The van der Waals surface area contributed by atoms with E-state index in [0.717, 1.165) is 11.1 Å². The van der Waals surface area contributed by atoms with Gasteiger partial charge in [0.25, 0.3) is 0 Å². The van der Waals surface area contributed by atoms with Gasteiger partial charge in [0.05, 0.1) is 12.6 Å². The molecule has 0 aromatic heterocycles. The maximum atomic E-state index is 13.1. The average molecular weight is 476 g/mol. The van der Waals surface area contributed by atoms with Crippen molar-refractivity contribution in [1.82, 2.24) is 9.80 Å². The number of urea groups is 1. The summed E-state index contributed by atoms with van der Waals surface area (Å²) in [6.45, 7) is 3.03. The number of hydrogen-bond acceptors (Lipinski definition) is 3. The Morgan fingerprint density at radius 2 is 1.74 bits per heavy atom. The summed E-state index contributed by atoms with van der Waals surface area (Å²) in [6, 6.07) is 21.7. The summed E-state index contributed by atoms with van der Waals surface area (Å²) >= 11 is 0. The Morgan fingerprint density at radius 3 is 2.40 bits per heavy atom. The molecule has 6 nitrogen and oxygen atoms in total. The first kappa shape index (κ1) is 24.4. The molecule has 1 aliphatic heterocycles. The van der Waals surface area contributed by atoms with Crippen LogP contribution < -0.4 is 5.32 Å². The summed E-state index contributed by atoms with van der Waals surface area (Å²) in [6.07, 6.45) is 0. The van der Waals surface area contributed by atoms with Crippen molar-refractivity contribution < 1.29 is 18.7 Å². The van der Waals surface area contributed by atoms with Gasteiger partial charge >= 0.3 is 6.03 Å². The van der Waals surface area contributed by atoms with Crippen LogP contribution in [0.5, 0.6) is 0 Å². The molecule has 2 atom stereocenters. The zero-order valence-corrected chi connectivity index (χ0v) is 20.2.